The van der Waals surface area contributed by atoms with Crippen LogP contribution in [0.3, 0.4) is 0 Å². The number of unbranched alkanes of at least 4 members (excludes halogenated alkanes) is 4. The van der Waals surface area contributed by atoms with Crippen LogP contribution in [0.1, 0.15) is 169 Å². The van der Waals surface area contributed by atoms with Gasteiger partial charge in [-0.2, -0.15) is 0 Å². The lowest BCUT2D eigenvalue weighted by Crippen LogP contribution is -2.32. The monoisotopic (exact) mass is 972 g/mol. The van der Waals surface area contributed by atoms with Gasteiger partial charge in [-0.25, -0.2) is 14.6 Å². The van der Waals surface area contributed by atoms with E-state index in [-0.39, 0.29) is 83.4 Å². The molecule has 0 fully saturated rings. The second-order valence-corrected chi connectivity index (χ2v) is 17.2. The molecule has 15 nitrogen and oxygen atoms in total. The van der Waals surface area contributed by atoms with Crippen molar-refractivity contribution in [2.45, 2.75) is 169 Å². The predicted octanol–water partition coefficient (Wildman–Crippen LogP) is 12.0. The van der Waals surface area contributed by atoms with E-state index in [1.165, 1.54) is 0 Å². The Morgan fingerprint density at radius 2 is 0.928 bits per heavy atom. The lowest BCUT2D eigenvalue weighted by molar-refractivity contribution is -0.150. The van der Waals surface area contributed by atoms with Crippen molar-refractivity contribution in [3.05, 3.63) is 67.3 Å². The first-order valence-corrected chi connectivity index (χ1v) is 26.0. The zero-order valence-corrected chi connectivity index (χ0v) is 43.0. The van der Waals surface area contributed by atoms with E-state index >= 15 is 0 Å². The number of allylic oxidation sites excluding steroid dienone is 8. The van der Waals surface area contributed by atoms with Gasteiger partial charge in [0.2, 0.25) is 0 Å². The normalized spacial score (nSPS) is 13.0. The summed E-state index contributed by atoms with van der Waals surface area (Å²) in [4.78, 5) is 68.3. The molecule has 0 radical (unpaired) electrons. The van der Waals surface area contributed by atoms with Crippen LogP contribution < -0.4 is 0 Å². The summed E-state index contributed by atoms with van der Waals surface area (Å²) in [5, 5.41) is 0. The van der Waals surface area contributed by atoms with Crippen molar-refractivity contribution in [1.29, 1.82) is 0 Å². The third kappa shape index (κ3) is 37.6. The second kappa shape index (κ2) is 44.3. The van der Waals surface area contributed by atoms with Crippen molar-refractivity contribution in [1.82, 2.24) is 14.5 Å². The van der Waals surface area contributed by atoms with Crippen molar-refractivity contribution in [2.24, 2.45) is 11.8 Å². The van der Waals surface area contributed by atoms with Crippen LogP contribution in [0.25, 0.3) is 0 Å². The zero-order valence-electron chi connectivity index (χ0n) is 43.0. The van der Waals surface area contributed by atoms with Gasteiger partial charge in [-0.15, -0.1) is 0 Å². The highest BCUT2D eigenvalue weighted by molar-refractivity contribution is 5.72. The van der Waals surface area contributed by atoms with Gasteiger partial charge in [-0.3, -0.25) is 14.4 Å². The molecule has 3 unspecified atom stereocenters. The molecule has 0 aromatic carbocycles. The SMILES string of the molecule is CC/C=C\CCCCC(CC/C=C\CC)COC(=O)OCCOC(=O)CCOC(=O)CCN(CCC(=O)OCCOC(=O)OCC(CC/C=C\CC)CCCC/C=C\CC)CCC(C)n1ccnc1. The molecular weight excluding hydrogens is 883 g/mol. The maximum Gasteiger partial charge on any atom is 0.508 e. The summed E-state index contributed by atoms with van der Waals surface area (Å²) in [7, 11) is 0. The summed E-state index contributed by atoms with van der Waals surface area (Å²) in [6, 6.07) is 0.127. The number of ether oxygens (including phenoxy) is 7. The van der Waals surface area contributed by atoms with E-state index in [9.17, 15) is 24.0 Å². The summed E-state index contributed by atoms with van der Waals surface area (Å²) >= 11 is 0. The van der Waals surface area contributed by atoms with Crippen molar-refractivity contribution in [2.75, 3.05) is 65.9 Å². The highest BCUT2D eigenvalue weighted by Crippen LogP contribution is 2.19. The fourth-order valence-corrected chi connectivity index (χ4v) is 7.18. The Kier molecular flexibility index (Phi) is 39.9. The third-order valence-electron chi connectivity index (χ3n) is 11.3. The van der Waals surface area contributed by atoms with Gasteiger partial charge in [0, 0.05) is 38.1 Å². The predicted molar refractivity (Wildman–Crippen MR) is 269 cm³/mol. The van der Waals surface area contributed by atoms with Crippen LogP contribution in [0.4, 0.5) is 9.59 Å². The Hall–Kier alpha value is -4.92. The van der Waals surface area contributed by atoms with Crippen molar-refractivity contribution in [3.8, 4) is 0 Å². The smallest absolute Gasteiger partial charge is 0.465 e. The summed E-state index contributed by atoms with van der Waals surface area (Å²) < 4.78 is 38.9. The number of nitrogens with zero attached hydrogens (tertiary/aromatic N) is 3. The minimum atomic E-state index is -0.798. The second-order valence-electron chi connectivity index (χ2n) is 17.2. The van der Waals surface area contributed by atoms with E-state index in [2.05, 4.69) is 88.2 Å². The molecule has 0 saturated carbocycles. The maximum atomic E-state index is 12.7. The van der Waals surface area contributed by atoms with Gasteiger partial charge < -0.3 is 42.6 Å². The molecule has 69 heavy (non-hydrogen) atoms. The minimum Gasteiger partial charge on any atom is -0.465 e. The lowest BCUT2D eigenvalue weighted by Gasteiger charge is -2.24. The first-order chi connectivity index (χ1) is 33.6. The number of rotatable bonds is 43. The van der Waals surface area contributed by atoms with Gasteiger partial charge in [0.05, 0.1) is 38.8 Å². The number of esters is 3. The van der Waals surface area contributed by atoms with Gasteiger partial charge >= 0.3 is 30.2 Å². The molecular formula is C54H89N3O12. The largest absolute Gasteiger partial charge is 0.508 e. The van der Waals surface area contributed by atoms with Gasteiger partial charge in [0.25, 0.3) is 0 Å². The standard InChI is InChI=1S/C54H89N3O12/c1-6-10-14-18-20-24-28-48(26-22-16-12-8-3)44-68-53(61)66-42-40-64-51(59)32-37-56(35-30-47(5)57-38-34-55-46-57)36-31-50(58)63-39-33-52(60)65-41-43-67-54(62)69-45-49(27-23-17-13-9-4)29-25-21-19-15-11-7-2/h10-17,34,38,46-49H,6-9,18-33,35-37,39-45H2,1-5H3/b14-10-,15-11-,16-12-,17-13-. The van der Waals surface area contributed by atoms with Crippen LogP contribution in [-0.4, -0.2) is 111 Å². The summed E-state index contributed by atoms with van der Waals surface area (Å²) in [5.41, 5.74) is 0. The lowest BCUT2D eigenvalue weighted by atomic mass is 9.96. The Morgan fingerprint density at radius 3 is 1.38 bits per heavy atom. The van der Waals surface area contributed by atoms with Crippen molar-refractivity contribution < 1.29 is 57.1 Å². The van der Waals surface area contributed by atoms with Crippen LogP contribution in [0.2, 0.25) is 0 Å². The number of aromatic nitrogens is 2. The van der Waals surface area contributed by atoms with Gasteiger partial charge in [-0.05, 0) is 115 Å². The molecule has 392 valence electrons. The van der Waals surface area contributed by atoms with Gasteiger partial charge in [-0.1, -0.05) is 89.1 Å². The first-order valence-electron chi connectivity index (χ1n) is 26.0. The molecule has 0 aliphatic carbocycles. The van der Waals surface area contributed by atoms with Crippen LogP contribution in [0, 0.1) is 11.8 Å². The van der Waals surface area contributed by atoms with E-state index in [0.29, 0.717) is 19.6 Å². The van der Waals surface area contributed by atoms with Crippen LogP contribution in [0.15, 0.2) is 67.3 Å². The molecule has 0 aliphatic rings. The Bertz CT molecular complexity index is 1580. The number of carbonyl (C=O) groups is 5. The first kappa shape index (κ1) is 62.1. The summed E-state index contributed by atoms with van der Waals surface area (Å²) in [6.07, 6.45) is 38.0. The average molecular weight is 972 g/mol. The Morgan fingerprint density at radius 1 is 0.493 bits per heavy atom. The number of hydrogen-bond donors (Lipinski definition) is 0. The third-order valence-corrected chi connectivity index (χ3v) is 11.3. The Balaban J connectivity index is 2.44. The molecule has 3 atom stereocenters. The van der Waals surface area contributed by atoms with E-state index in [1.807, 2.05) is 15.7 Å². The highest BCUT2D eigenvalue weighted by atomic mass is 16.7. The number of carbonyl (C=O) groups excluding carboxylic acids is 5. The maximum absolute atomic E-state index is 12.7. The molecule has 1 rings (SSSR count). The average Bonchev–Trinajstić information content (AvgIpc) is 3.90. The fourth-order valence-electron chi connectivity index (χ4n) is 7.18. The zero-order chi connectivity index (χ0) is 50.4. The minimum absolute atomic E-state index is 0.0364. The van der Waals surface area contributed by atoms with Crippen molar-refractivity contribution >= 4 is 30.2 Å². The molecule has 1 aromatic rings. The topological polar surface area (TPSA) is 171 Å². The van der Waals surface area contributed by atoms with E-state index in [0.717, 1.165) is 109 Å². The van der Waals surface area contributed by atoms with Crippen LogP contribution in [-0.2, 0) is 47.5 Å². The molecule has 1 heterocycles. The highest BCUT2D eigenvalue weighted by Gasteiger charge is 2.17. The van der Waals surface area contributed by atoms with Crippen molar-refractivity contribution in [3.63, 3.8) is 0 Å². The molecule has 0 saturated heterocycles. The van der Waals surface area contributed by atoms with Crippen LogP contribution in [0.5, 0.6) is 0 Å². The molecule has 0 spiro atoms. The molecule has 0 bridgehead atoms. The fraction of sp³-hybridized carbons (Fsp3) is 0.704. The van der Waals surface area contributed by atoms with Crippen LogP contribution >= 0.6 is 0 Å². The van der Waals surface area contributed by atoms with E-state index in [1.54, 1.807) is 12.5 Å². The number of hydrogen-bond acceptors (Lipinski definition) is 14. The van der Waals surface area contributed by atoms with E-state index in [4.69, 9.17) is 33.2 Å². The molecule has 0 aliphatic heterocycles. The quantitative estimate of drug-likeness (QED) is 0.0262. The molecule has 0 amide bonds. The Labute approximate surface area is 414 Å². The van der Waals surface area contributed by atoms with Gasteiger partial charge in [0.15, 0.2) is 0 Å². The summed E-state index contributed by atoms with van der Waals surface area (Å²) in [6.45, 7) is 11.6. The molecule has 15 heteroatoms. The van der Waals surface area contributed by atoms with E-state index < -0.39 is 30.2 Å². The molecule has 1 aromatic heterocycles. The summed E-state index contributed by atoms with van der Waals surface area (Å²) in [5.74, 6) is -1.08. The molecule has 0 N–H and O–H groups in total. The van der Waals surface area contributed by atoms with Gasteiger partial charge in [0.1, 0.15) is 33.0 Å². The number of imidazole rings is 1.